The van der Waals surface area contributed by atoms with Crippen molar-refractivity contribution in [2.75, 3.05) is 31.6 Å². The third kappa shape index (κ3) is 9.29. The highest BCUT2D eigenvalue weighted by Crippen LogP contribution is 2.66. The zero-order valence-corrected chi connectivity index (χ0v) is 23.9. The zero-order chi connectivity index (χ0) is 28.0. The Hall–Kier alpha value is -1.03. The van der Waals surface area contributed by atoms with Gasteiger partial charge in [-0.25, -0.2) is 28.6 Å². The summed E-state index contributed by atoms with van der Waals surface area (Å²) in [6.45, 7) is 1.93. The topological polar surface area (TPSA) is 261 Å². The van der Waals surface area contributed by atoms with E-state index in [0.717, 1.165) is 0 Å². The summed E-state index contributed by atoms with van der Waals surface area (Å²) in [5.74, 6) is 5.59. The summed E-state index contributed by atoms with van der Waals surface area (Å²) in [6, 6.07) is 0. The molecule has 8 N–H and O–H groups in total. The highest BCUT2D eigenvalue weighted by molar-refractivity contribution is 8.85. The van der Waals surface area contributed by atoms with Gasteiger partial charge >= 0.3 is 23.5 Å². The maximum absolute atomic E-state index is 11.9. The molecular weight excluding hydrogens is 599 g/mol. The van der Waals surface area contributed by atoms with Gasteiger partial charge in [0.05, 0.1) is 17.5 Å². The predicted octanol–water partition coefficient (Wildman–Crippen LogP) is 1.37. The molecule has 22 heteroatoms. The fourth-order valence-electron chi connectivity index (χ4n) is 3.00. The van der Waals surface area contributed by atoms with Crippen molar-refractivity contribution in [1.82, 2.24) is 14.5 Å². The highest BCUT2D eigenvalue weighted by Gasteiger charge is 2.41. The van der Waals surface area contributed by atoms with Crippen LogP contribution in [-0.4, -0.2) is 65.2 Å². The number of phosphoric acid groups is 3. The molecule has 0 fully saturated rings. The van der Waals surface area contributed by atoms with Crippen molar-refractivity contribution in [3.05, 3.63) is 18.1 Å². The minimum Gasteiger partial charge on any atom is -0.383 e. The standard InChI is InChI=1S/C15H26N5O12P3S2/c1-10(37(36-3)9-29-30-34(24,25)32-35(26,27)31-33(21,22)23)15(28-2)20-7-11(5-4-6-16)12-13(17)18-8-19-14(12)20/h7-8,10,15,37H,6,9,16H2,1-3H3,(H,24,25)(H,26,27)(H2,17,18,19)(H2,21,22,23)/t10?,15-/m1/s1. The quantitative estimate of drug-likeness (QED) is 0.0414. The van der Waals surface area contributed by atoms with E-state index in [9.17, 15) is 23.5 Å². The van der Waals surface area contributed by atoms with E-state index in [-0.39, 0.29) is 23.6 Å². The van der Waals surface area contributed by atoms with Crippen LogP contribution in [0.1, 0.15) is 18.7 Å². The van der Waals surface area contributed by atoms with Gasteiger partial charge in [-0.15, -0.1) is 15.5 Å². The number of rotatable bonds is 13. The van der Waals surface area contributed by atoms with E-state index < -0.39 is 39.6 Å². The summed E-state index contributed by atoms with van der Waals surface area (Å²) in [5.41, 5.74) is 12.5. The summed E-state index contributed by atoms with van der Waals surface area (Å²) in [6.07, 6.45) is 4.06. The number of methoxy groups -OCH3 is 1. The van der Waals surface area contributed by atoms with Gasteiger partial charge in [0.25, 0.3) is 0 Å². The van der Waals surface area contributed by atoms with Crippen molar-refractivity contribution in [3.63, 3.8) is 0 Å². The van der Waals surface area contributed by atoms with Crippen molar-refractivity contribution in [1.29, 1.82) is 0 Å². The molecule has 17 nitrogen and oxygen atoms in total. The molecule has 2 rings (SSSR count). The van der Waals surface area contributed by atoms with Crippen LogP contribution in [0.15, 0.2) is 12.5 Å². The van der Waals surface area contributed by atoms with Crippen LogP contribution in [0.3, 0.4) is 0 Å². The van der Waals surface area contributed by atoms with Crippen LogP contribution >= 0.6 is 44.2 Å². The van der Waals surface area contributed by atoms with Crippen molar-refractivity contribution in [2.24, 2.45) is 5.73 Å². The second-order valence-corrected chi connectivity index (χ2v) is 15.9. The number of hydrogen-bond donors (Lipinski definition) is 7. The number of hydrogen-bond acceptors (Lipinski definition) is 13. The van der Waals surface area contributed by atoms with Gasteiger partial charge in [-0.3, -0.25) is 0 Å². The molecule has 2 heterocycles. The van der Waals surface area contributed by atoms with E-state index in [2.05, 4.69) is 35.1 Å². The Labute approximate surface area is 217 Å². The first-order valence-corrected chi connectivity index (χ1v) is 17.7. The molecule has 2 aromatic rings. The van der Waals surface area contributed by atoms with E-state index in [0.29, 0.717) is 16.6 Å². The molecule has 2 aromatic heterocycles. The number of ether oxygens (including phenoxy) is 1. The van der Waals surface area contributed by atoms with Crippen LogP contribution in [0, 0.1) is 11.8 Å². The molecule has 0 aromatic carbocycles. The molecule has 210 valence electrons. The molecule has 0 aliphatic carbocycles. The molecule has 0 spiro atoms. The van der Waals surface area contributed by atoms with Crippen molar-refractivity contribution in [2.45, 2.75) is 18.4 Å². The molecule has 0 amide bonds. The van der Waals surface area contributed by atoms with Crippen molar-refractivity contribution >= 4 is 61.0 Å². The third-order valence-corrected chi connectivity index (χ3v) is 12.7. The molecule has 0 bridgehead atoms. The van der Waals surface area contributed by atoms with Crippen LogP contribution in [0.25, 0.3) is 11.0 Å². The largest absolute Gasteiger partial charge is 0.508 e. The summed E-state index contributed by atoms with van der Waals surface area (Å²) < 4.78 is 52.9. The van der Waals surface area contributed by atoms with Gasteiger partial charge in [0.2, 0.25) is 0 Å². The molecule has 0 aliphatic rings. The summed E-state index contributed by atoms with van der Waals surface area (Å²) >= 11 is 0. The lowest BCUT2D eigenvalue weighted by Gasteiger charge is -2.32. The first-order valence-electron chi connectivity index (χ1n) is 9.73. The second kappa shape index (κ2) is 13.4. The molecule has 0 radical (unpaired) electrons. The van der Waals surface area contributed by atoms with Crippen molar-refractivity contribution < 1.29 is 56.2 Å². The Morgan fingerprint density at radius 3 is 2.43 bits per heavy atom. The van der Waals surface area contributed by atoms with E-state index >= 15 is 0 Å². The number of nitrogen functional groups attached to an aromatic ring is 1. The fourth-order valence-corrected chi connectivity index (χ4v) is 9.02. The normalized spacial score (nSPS) is 18.3. The SMILES string of the molecule is CO[C@H](C(C)[SH](COOP(=O)(O)OP(=O)(O)OP(=O)(O)O)SC)n1cc(C#CCN)c2c(N)ncnc21. The second-order valence-electron chi connectivity index (χ2n) is 6.79. The Morgan fingerprint density at radius 1 is 1.19 bits per heavy atom. The molecule has 5 atom stereocenters. The van der Waals surface area contributed by atoms with Gasteiger partial charge in [0.15, 0.2) is 0 Å². The maximum atomic E-state index is 11.9. The Morgan fingerprint density at radius 2 is 1.86 bits per heavy atom. The average molecular weight is 625 g/mol. The third-order valence-electron chi connectivity index (χ3n) is 4.32. The lowest BCUT2D eigenvalue weighted by molar-refractivity contribution is -0.202. The Bertz CT molecular complexity index is 1300. The van der Waals surface area contributed by atoms with Crippen molar-refractivity contribution in [3.8, 4) is 11.8 Å². The Kier molecular flexibility index (Phi) is 11.6. The first-order chi connectivity index (χ1) is 17.1. The van der Waals surface area contributed by atoms with Gasteiger partial charge in [-0.05, 0) is 13.2 Å². The summed E-state index contributed by atoms with van der Waals surface area (Å²) in [4.78, 5) is 49.0. The first kappa shape index (κ1) is 32.2. The van der Waals surface area contributed by atoms with Crippen LogP contribution < -0.4 is 11.5 Å². The number of aromatic nitrogens is 3. The lowest BCUT2D eigenvalue weighted by atomic mass is 10.2. The van der Waals surface area contributed by atoms with E-state index in [1.807, 2.05) is 6.92 Å². The van der Waals surface area contributed by atoms with Crippen LogP contribution in [0.2, 0.25) is 0 Å². The van der Waals surface area contributed by atoms with Gasteiger partial charge in [-0.1, -0.05) is 11.8 Å². The highest BCUT2D eigenvalue weighted by atomic mass is 33.1. The van der Waals surface area contributed by atoms with Gasteiger partial charge in [-0.2, -0.15) is 18.5 Å². The van der Waals surface area contributed by atoms with Crippen LogP contribution in [0.5, 0.6) is 0 Å². The van der Waals surface area contributed by atoms with E-state index in [1.54, 1.807) is 17.0 Å². The molecule has 0 saturated carbocycles. The fraction of sp³-hybridized carbons (Fsp3) is 0.467. The minimum atomic E-state index is -5.67. The smallest absolute Gasteiger partial charge is 0.383 e. The monoisotopic (exact) mass is 625 g/mol. The molecule has 0 saturated heterocycles. The van der Waals surface area contributed by atoms with Crippen LogP contribution in [0.4, 0.5) is 5.82 Å². The maximum Gasteiger partial charge on any atom is 0.508 e. The minimum absolute atomic E-state index is 0.120. The number of anilines is 1. The Balaban J connectivity index is 2.20. The molecular formula is C15H26N5O12P3S2. The number of fused-ring (bicyclic) bond motifs is 1. The zero-order valence-electron chi connectivity index (χ0n) is 19.5. The van der Waals surface area contributed by atoms with E-state index in [1.165, 1.54) is 24.2 Å². The number of nitrogens with zero attached hydrogens (tertiary/aromatic N) is 3. The number of nitrogens with two attached hydrogens (primary N) is 2. The van der Waals surface area contributed by atoms with Crippen LogP contribution in [-0.2, 0) is 36.6 Å². The molecule has 0 aliphatic heterocycles. The molecule has 4 unspecified atom stereocenters. The summed E-state index contributed by atoms with van der Waals surface area (Å²) in [7, 11) is -15.1. The van der Waals surface area contributed by atoms with E-state index in [4.69, 9.17) is 30.9 Å². The predicted molar refractivity (Wildman–Crippen MR) is 137 cm³/mol. The number of thiol groups is 1. The molecule has 37 heavy (non-hydrogen) atoms. The van der Waals surface area contributed by atoms with Gasteiger partial charge in [0.1, 0.15) is 30.0 Å². The summed E-state index contributed by atoms with van der Waals surface area (Å²) in [5, 5.41) is 0.178. The lowest BCUT2D eigenvalue weighted by Crippen LogP contribution is -2.24. The van der Waals surface area contributed by atoms with Gasteiger partial charge in [0, 0.05) is 18.6 Å². The average Bonchev–Trinajstić information content (AvgIpc) is 3.12. The van der Waals surface area contributed by atoms with Gasteiger partial charge < -0.3 is 40.3 Å².